The van der Waals surface area contributed by atoms with E-state index in [9.17, 15) is 14.4 Å². The van der Waals surface area contributed by atoms with Gasteiger partial charge in [-0.05, 0) is 34.1 Å². The maximum Gasteiger partial charge on any atom is 0.252 e. The average Bonchev–Trinajstić information content (AvgIpc) is 2.71. The number of nitrogens with one attached hydrogen (secondary N) is 1. The lowest BCUT2D eigenvalue weighted by Gasteiger charge is -2.40. The molecular formula is C14H19N3O4. The van der Waals surface area contributed by atoms with Crippen molar-refractivity contribution in [2.45, 2.75) is 46.1 Å². The van der Waals surface area contributed by atoms with Crippen molar-refractivity contribution in [1.82, 2.24) is 15.4 Å². The van der Waals surface area contributed by atoms with Crippen LogP contribution in [0.1, 0.15) is 37.3 Å². The van der Waals surface area contributed by atoms with Crippen molar-refractivity contribution in [3.05, 3.63) is 17.0 Å². The van der Waals surface area contributed by atoms with Crippen LogP contribution in [0, 0.1) is 13.8 Å². The Bertz CT molecular complexity index is 584. The number of hydrogen-bond donors (Lipinski definition) is 1. The van der Waals surface area contributed by atoms with Gasteiger partial charge in [0.25, 0.3) is 5.91 Å². The molecule has 0 aromatic carbocycles. The molecule has 1 aromatic heterocycles. The number of amides is 3. The highest BCUT2D eigenvalue weighted by Crippen LogP contribution is 2.21. The number of carbonyl (C=O) groups is 3. The summed E-state index contributed by atoms with van der Waals surface area (Å²) < 4.78 is 5.05. The Labute approximate surface area is 122 Å². The van der Waals surface area contributed by atoms with E-state index in [-0.39, 0.29) is 18.9 Å². The number of aryl methyl sites for hydroxylation is 2. The minimum absolute atomic E-state index is 0.0980. The molecule has 1 aliphatic heterocycles. The first kappa shape index (κ1) is 15.2. The number of imide groups is 1. The van der Waals surface area contributed by atoms with E-state index in [0.717, 1.165) is 11.3 Å². The molecule has 1 fully saturated rings. The number of hydrogen-bond acceptors (Lipinski definition) is 5. The zero-order valence-electron chi connectivity index (χ0n) is 12.6. The van der Waals surface area contributed by atoms with Crippen LogP contribution < -0.4 is 5.32 Å². The number of rotatable bonds is 3. The number of aromatic nitrogens is 1. The third kappa shape index (κ3) is 2.81. The normalized spacial score (nSPS) is 17.8. The van der Waals surface area contributed by atoms with Crippen molar-refractivity contribution in [3.8, 4) is 0 Å². The van der Waals surface area contributed by atoms with Crippen LogP contribution in [0.3, 0.4) is 0 Å². The second-order valence-corrected chi connectivity index (χ2v) is 5.72. The van der Waals surface area contributed by atoms with E-state index in [1.807, 2.05) is 6.92 Å². The summed E-state index contributed by atoms with van der Waals surface area (Å²) in [6.45, 7) is 6.77. The average molecular weight is 293 g/mol. The fourth-order valence-electron chi connectivity index (χ4n) is 2.41. The Balaban J connectivity index is 2.09. The summed E-state index contributed by atoms with van der Waals surface area (Å²) in [5.41, 5.74) is 0.630. The molecule has 0 unspecified atom stereocenters. The fourth-order valence-corrected chi connectivity index (χ4v) is 2.41. The highest BCUT2D eigenvalue weighted by Gasteiger charge is 2.43. The fraction of sp³-hybridized carbons (Fsp3) is 0.571. The molecule has 114 valence electrons. The first-order valence-electron chi connectivity index (χ1n) is 6.80. The van der Waals surface area contributed by atoms with Crippen molar-refractivity contribution in [3.63, 3.8) is 0 Å². The molecule has 0 spiro atoms. The van der Waals surface area contributed by atoms with Crippen LogP contribution >= 0.6 is 0 Å². The van der Waals surface area contributed by atoms with Gasteiger partial charge >= 0.3 is 0 Å². The number of carbonyl (C=O) groups excluding carboxylic acids is 3. The van der Waals surface area contributed by atoms with Gasteiger partial charge in [-0.25, -0.2) is 0 Å². The molecule has 0 radical (unpaired) electrons. The third-order valence-electron chi connectivity index (χ3n) is 3.86. The van der Waals surface area contributed by atoms with Crippen molar-refractivity contribution >= 4 is 17.7 Å². The highest BCUT2D eigenvalue weighted by atomic mass is 16.5. The first-order valence-corrected chi connectivity index (χ1v) is 6.80. The van der Waals surface area contributed by atoms with Crippen molar-refractivity contribution in [1.29, 1.82) is 0 Å². The zero-order chi connectivity index (χ0) is 15.8. The molecule has 1 saturated heterocycles. The van der Waals surface area contributed by atoms with Gasteiger partial charge in [-0.3, -0.25) is 19.7 Å². The van der Waals surface area contributed by atoms with Crippen LogP contribution in [-0.2, 0) is 20.8 Å². The Morgan fingerprint density at radius 2 is 2.05 bits per heavy atom. The minimum Gasteiger partial charge on any atom is -0.361 e. The summed E-state index contributed by atoms with van der Waals surface area (Å²) in [4.78, 5) is 37.0. The van der Waals surface area contributed by atoms with Crippen molar-refractivity contribution < 1.29 is 18.9 Å². The summed E-state index contributed by atoms with van der Waals surface area (Å²) >= 11 is 0. The van der Waals surface area contributed by atoms with Crippen molar-refractivity contribution in [2.75, 3.05) is 6.54 Å². The Kier molecular flexibility index (Phi) is 3.85. The lowest BCUT2D eigenvalue weighted by molar-refractivity contribution is -0.155. The summed E-state index contributed by atoms with van der Waals surface area (Å²) in [6, 6.07) is 0. The second kappa shape index (κ2) is 5.31. The topological polar surface area (TPSA) is 92.5 Å². The van der Waals surface area contributed by atoms with Crippen LogP contribution in [0.5, 0.6) is 0 Å². The van der Waals surface area contributed by atoms with Crippen LogP contribution in [-0.4, -0.2) is 39.9 Å². The molecule has 0 bridgehead atoms. The predicted octanol–water partition coefficient (Wildman–Crippen LogP) is 0.488. The van der Waals surface area contributed by atoms with Crippen LogP contribution in [0.25, 0.3) is 0 Å². The predicted molar refractivity (Wildman–Crippen MR) is 73.2 cm³/mol. The van der Waals surface area contributed by atoms with Gasteiger partial charge in [0, 0.05) is 12.0 Å². The number of nitrogens with zero attached hydrogens (tertiary/aromatic N) is 2. The minimum atomic E-state index is -1.02. The third-order valence-corrected chi connectivity index (χ3v) is 3.86. The summed E-state index contributed by atoms with van der Waals surface area (Å²) in [6.07, 6.45) is 0.676. The van der Waals surface area contributed by atoms with E-state index >= 15 is 0 Å². The zero-order valence-corrected chi connectivity index (χ0v) is 12.6. The monoisotopic (exact) mass is 293 g/mol. The molecule has 1 aromatic rings. The molecule has 2 heterocycles. The van der Waals surface area contributed by atoms with Gasteiger partial charge in [0.2, 0.25) is 11.8 Å². The molecule has 1 N–H and O–H groups in total. The van der Waals surface area contributed by atoms with E-state index in [4.69, 9.17) is 4.52 Å². The van der Waals surface area contributed by atoms with Gasteiger partial charge in [-0.2, -0.15) is 0 Å². The Morgan fingerprint density at radius 1 is 1.38 bits per heavy atom. The second-order valence-electron chi connectivity index (χ2n) is 5.72. The van der Waals surface area contributed by atoms with Gasteiger partial charge < -0.3 is 9.42 Å². The summed E-state index contributed by atoms with van der Waals surface area (Å²) in [5, 5.41) is 6.09. The van der Waals surface area contributed by atoms with Crippen LogP contribution in [0.2, 0.25) is 0 Å². The Hall–Kier alpha value is -2.18. The van der Waals surface area contributed by atoms with E-state index in [2.05, 4.69) is 10.5 Å². The molecule has 3 amide bonds. The summed E-state index contributed by atoms with van der Waals surface area (Å²) in [7, 11) is 0. The molecule has 2 rings (SSSR count). The smallest absolute Gasteiger partial charge is 0.252 e. The van der Waals surface area contributed by atoms with E-state index < -0.39 is 17.4 Å². The maximum absolute atomic E-state index is 12.4. The standard InChI is InChI=1S/C14H19N3O4/c1-8-10(9(2)21-16-8)5-6-12(19)17-7-11(18)15-13(20)14(17,3)4/h5-7H2,1-4H3,(H,15,18,20). The highest BCUT2D eigenvalue weighted by molar-refractivity contribution is 6.06. The number of piperazine rings is 1. The summed E-state index contributed by atoms with van der Waals surface area (Å²) in [5.74, 6) is -0.454. The molecule has 1 aliphatic rings. The molecule has 21 heavy (non-hydrogen) atoms. The van der Waals surface area contributed by atoms with E-state index in [1.54, 1.807) is 20.8 Å². The van der Waals surface area contributed by atoms with Crippen LogP contribution in [0.15, 0.2) is 4.52 Å². The van der Waals surface area contributed by atoms with Gasteiger partial charge in [0.05, 0.1) is 5.69 Å². The van der Waals surface area contributed by atoms with Gasteiger partial charge in [0.1, 0.15) is 17.8 Å². The van der Waals surface area contributed by atoms with Crippen molar-refractivity contribution in [2.24, 2.45) is 0 Å². The molecule has 0 aliphatic carbocycles. The molecule has 0 atom stereocenters. The molecule has 7 nitrogen and oxygen atoms in total. The van der Waals surface area contributed by atoms with Gasteiger partial charge in [-0.1, -0.05) is 5.16 Å². The van der Waals surface area contributed by atoms with Gasteiger partial charge in [0.15, 0.2) is 0 Å². The van der Waals surface area contributed by atoms with Crippen LogP contribution in [0.4, 0.5) is 0 Å². The Morgan fingerprint density at radius 3 is 2.62 bits per heavy atom. The molecular weight excluding hydrogens is 274 g/mol. The largest absolute Gasteiger partial charge is 0.361 e. The maximum atomic E-state index is 12.4. The SMILES string of the molecule is Cc1noc(C)c1CCC(=O)N1CC(=O)NC(=O)C1(C)C. The molecule has 7 heteroatoms. The lowest BCUT2D eigenvalue weighted by atomic mass is 9.97. The molecule has 0 saturated carbocycles. The lowest BCUT2D eigenvalue weighted by Crippen LogP contribution is -2.65. The van der Waals surface area contributed by atoms with E-state index in [1.165, 1.54) is 4.90 Å². The van der Waals surface area contributed by atoms with Gasteiger partial charge in [-0.15, -0.1) is 0 Å². The van der Waals surface area contributed by atoms with E-state index in [0.29, 0.717) is 12.2 Å². The first-order chi connectivity index (χ1) is 9.73. The quantitative estimate of drug-likeness (QED) is 0.819.